The van der Waals surface area contributed by atoms with Crippen LogP contribution in [0.15, 0.2) is 16.5 Å². The third-order valence-electron chi connectivity index (χ3n) is 2.06. The number of carbonyl (C=O) groups is 1. The molecule has 0 aliphatic rings. The van der Waals surface area contributed by atoms with Gasteiger partial charge in [-0.3, -0.25) is 5.32 Å². The quantitative estimate of drug-likeness (QED) is 0.877. The molecule has 0 saturated heterocycles. The van der Waals surface area contributed by atoms with E-state index in [0.717, 1.165) is 6.07 Å². The lowest BCUT2D eigenvalue weighted by Gasteiger charge is -2.20. The monoisotopic (exact) mass is 353 g/mol. The van der Waals surface area contributed by atoms with Crippen LogP contribution in [0.4, 0.5) is 29.5 Å². The van der Waals surface area contributed by atoms with Crippen LogP contribution in [0.3, 0.4) is 0 Å². The van der Waals surface area contributed by atoms with E-state index in [1.165, 1.54) is 12.5 Å². The second-order valence-corrected chi connectivity index (χ2v) is 8.54. The summed E-state index contributed by atoms with van der Waals surface area (Å²) in [5.41, 5.74) is -2.27. The van der Waals surface area contributed by atoms with Crippen LogP contribution in [0.25, 0.3) is 0 Å². The van der Waals surface area contributed by atoms with Crippen molar-refractivity contribution in [3.63, 3.8) is 0 Å². The number of anilines is 1. The first-order valence-electron chi connectivity index (χ1n) is 6.42. The molecule has 10 heteroatoms. The number of hydrogen-bond donors (Lipinski definition) is 1. The number of rotatable bonds is 2. The van der Waals surface area contributed by atoms with Crippen LogP contribution >= 0.6 is 0 Å². The smallest absolute Gasteiger partial charge is 0.433 e. The van der Waals surface area contributed by atoms with Crippen molar-refractivity contribution in [1.29, 1.82) is 0 Å². The van der Waals surface area contributed by atoms with E-state index in [9.17, 15) is 22.2 Å². The Balaban J connectivity index is 3.24. The molecule has 0 aliphatic carbocycles. The Morgan fingerprint density at radius 1 is 1.26 bits per heavy atom. The number of carbonyl (C=O) groups excluding carboxylic acids is 1. The Hall–Kier alpha value is -1.84. The Kier molecular flexibility index (Phi) is 5.30. The number of hydrogen-bond acceptors (Lipinski definition) is 5. The molecule has 1 heterocycles. The molecule has 1 amide bonds. The SMILES string of the molecule is CC(C)(C)OC(=O)Nc1cc(N=S(C)(C)=O)nc(C(F)(F)F)c1. The zero-order valence-electron chi connectivity index (χ0n) is 13.3. The van der Waals surface area contributed by atoms with Crippen molar-refractivity contribution in [3.8, 4) is 0 Å². The lowest BCUT2D eigenvalue weighted by atomic mass is 10.2. The average Bonchev–Trinajstić information content (AvgIpc) is 2.21. The Labute approximate surface area is 132 Å². The van der Waals surface area contributed by atoms with Crippen molar-refractivity contribution in [2.24, 2.45) is 4.36 Å². The minimum absolute atomic E-state index is 0.205. The molecule has 1 aromatic heterocycles. The maximum Gasteiger partial charge on any atom is 0.433 e. The molecule has 23 heavy (non-hydrogen) atoms. The van der Waals surface area contributed by atoms with Crippen LogP contribution in [-0.4, -0.2) is 33.4 Å². The molecule has 130 valence electrons. The van der Waals surface area contributed by atoms with E-state index >= 15 is 0 Å². The van der Waals surface area contributed by atoms with Gasteiger partial charge in [0.15, 0.2) is 5.82 Å². The number of ether oxygens (including phenoxy) is 1. The molecule has 1 rings (SSSR count). The fourth-order valence-corrected chi connectivity index (χ4v) is 1.97. The van der Waals surface area contributed by atoms with Gasteiger partial charge in [0.05, 0.1) is 0 Å². The van der Waals surface area contributed by atoms with Gasteiger partial charge in [0.2, 0.25) is 0 Å². The highest BCUT2D eigenvalue weighted by molar-refractivity contribution is 7.92. The summed E-state index contributed by atoms with van der Waals surface area (Å²) in [5, 5.41) is 2.18. The van der Waals surface area contributed by atoms with E-state index in [-0.39, 0.29) is 11.5 Å². The average molecular weight is 353 g/mol. The molecule has 1 N–H and O–H groups in total. The van der Waals surface area contributed by atoms with E-state index in [4.69, 9.17) is 4.74 Å². The van der Waals surface area contributed by atoms with Crippen LogP contribution < -0.4 is 5.32 Å². The van der Waals surface area contributed by atoms with E-state index in [2.05, 4.69) is 14.7 Å². The van der Waals surface area contributed by atoms with Gasteiger partial charge in [0.1, 0.15) is 11.3 Å². The predicted molar refractivity (Wildman–Crippen MR) is 81.2 cm³/mol. The van der Waals surface area contributed by atoms with Crippen molar-refractivity contribution in [1.82, 2.24) is 4.98 Å². The summed E-state index contributed by atoms with van der Waals surface area (Å²) < 4.78 is 58.8. The summed E-state index contributed by atoms with van der Waals surface area (Å²) in [6, 6.07) is 1.74. The van der Waals surface area contributed by atoms with Crippen LogP contribution in [0, 0.1) is 0 Å². The number of pyridine rings is 1. The van der Waals surface area contributed by atoms with Gasteiger partial charge in [-0.15, -0.1) is 0 Å². The fourth-order valence-electron chi connectivity index (χ4n) is 1.43. The fraction of sp³-hybridized carbons (Fsp3) is 0.538. The first-order chi connectivity index (χ1) is 10.2. The highest BCUT2D eigenvalue weighted by Gasteiger charge is 2.33. The molecule has 0 spiro atoms. The van der Waals surface area contributed by atoms with Gasteiger partial charge < -0.3 is 4.74 Å². The summed E-state index contributed by atoms with van der Waals surface area (Å²) in [7, 11) is -2.71. The minimum Gasteiger partial charge on any atom is -0.444 e. The molecule has 0 aliphatic heterocycles. The van der Waals surface area contributed by atoms with Crippen LogP contribution in [0.1, 0.15) is 26.5 Å². The lowest BCUT2D eigenvalue weighted by Crippen LogP contribution is -2.27. The van der Waals surface area contributed by atoms with Crippen molar-refractivity contribution in [2.45, 2.75) is 32.5 Å². The molecule has 1 aromatic rings. The second kappa shape index (κ2) is 6.34. The van der Waals surface area contributed by atoms with E-state index < -0.39 is 33.3 Å². The number of halogens is 3. The van der Waals surface area contributed by atoms with Gasteiger partial charge in [-0.2, -0.15) is 17.5 Å². The van der Waals surface area contributed by atoms with E-state index in [0.29, 0.717) is 6.07 Å². The topological polar surface area (TPSA) is 80.6 Å². The Morgan fingerprint density at radius 3 is 2.26 bits per heavy atom. The first-order valence-corrected chi connectivity index (χ1v) is 8.75. The first kappa shape index (κ1) is 19.2. The molecule has 0 saturated carbocycles. The standard InChI is InChI=1S/C13H18F3N3O3S/c1-12(2,3)22-11(20)17-8-6-9(13(14,15)16)18-10(7-8)19-23(4,5)21/h6-7H,1-5H3,(H,17,18,20). The number of nitrogens with one attached hydrogen (secondary N) is 1. The third kappa shape index (κ3) is 7.31. The number of nitrogens with zero attached hydrogens (tertiary/aromatic N) is 2. The normalized spacial score (nSPS) is 12.7. The Bertz CT molecular complexity index is 709. The maximum absolute atomic E-state index is 12.9. The van der Waals surface area contributed by atoms with E-state index in [1.807, 2.05) is 0 Å². The van der Waals surface area contributed by atoms with Gasteiger partial charge in [-0.25, -0.2) is 14.0 Å². The highest BCUT2D eigenvalue weighted by atomic mass is 32.2. The van der Waals surface area contributed by atoms with Gasteiger partial charge in [-0.1, -0.05) is 0 Å². The summed E-state index contributed by atoms with van der Waals surface area (Å²) in [5.74, 6) is -0.388. The third-order valence-corrected chi connectivity index (χ3v) is 2.69. The molecule has 6 nitrogen and oxygen atoms in total. The van der Waals surface area contributed by atoms with Crippen LogP contribution in [-0.2, 0) is 20.6 Å². The van der Waals surface area contributed by atoms with Gasteiger partial charge in [0, 0.05) is 34.0 Å². The van der Waals surface area contributed by atoms with Gasteiger partial charge >= 0.3 is 12.3 Å². The summed E-state index contributed by atoms with van der Waals surface area (Å²) in [6.45, 7) is 4.85. The number of amides is 1. The maximum atomic E-state index is 12.9. The molecule has 0 fully saturated rings. The van der Waals surface area contributed by atoms with Crippen molar-refractivity contribution < 1.29 is 26.9 Å². The number of alkyl halides is 3. The Morgan fingerprint density at radius 2 is 1.83 bits per heavy atom. The van der Waals surface area contributed by atoms with Crippen molar-refractivity contribution in [2.75, 3.05) is 17.8 Å². The lowest BCUT2D eigenvalue weighted by molar-refractivity contribution is -0.141. The molecule has 0 bridgehead atoms. The number of aromatic nitrogens is 1. The highest BCUT2D eigenvalue weighted by Crippen LogP contribution is 2.32. The molecular weight excluding hydrogens is 335 g/mol. The molecule has 0 radical (unpaired) electrons. The zero-order valence-corrected chi connectivity index (χ0v) is 14.1. The molecular formula is C13H18F3N3O3S. The van der Waals surface area contributed by atoms with Crippen molar-refractivity contribution >= 4 is 27.3 Å². The van der Waals surface area contributed by atoms with E-state index in [1.54, 1.807) is 20.8 Å². The van der Waals surface area contributed by atoms with Gasteiger partial charge in [-0.05, 0) is 26.8 Å². The van der Waals surface area contributed by atoms with Gasteiger partial charge in [0.25, 0.3) is 0 Å². The van der Waals surface area contributed by atoms with Crippen LogP contribution in [0.2, 0.25) is 0 Å². The molecule has 0 unspecified atom stereocenters. The van der Waals surface area contributed by atoms with Crippen LogP contribution in [0.5, 0.6) is 0 Å². The summed E-state index contributed by atoms with van der Waals surface area (Å²) in [6.07, 6.45) is -3.14. The minimum atomic E-state index is -4.74. The zero-order chi connectivity index (χ0) is 18.1. The predicted octanol–water partition coefficient (Wildman–Crippen LogP) is 3.81. The summed E-state index contributed by atoms with van der Waals surface area (Å²) >= 11 is 0. The largest absolute Gasteiger partial charge is 0.444 e. The second-order valence-electron chi connectivity index (χ2n) is 6.00. The summed E-state index contributed by atoms with van der Waals surface area (Å²) in [4.78, 5) is 15.0. The molecule has 0 aromatic carbocycles. The molecule has 0 atom stereocenters. The van der Waals surface area contributed by atoms with Crippen molar-refractivity contribution in [3.05, 3.63) is 17.8 Å².